The predicted molar refractivity (Wildman–Crippen MR) is 99.8 cm³/mol. The summed E-state index contributed by atoms with van der Waals surface area (Å²) in [7, 11) is 0. The monoisotopic (exact) mass is 354 g/mol. The molecule has 3 aromatic heterocycles. The van der Waals surface area contributed by atoms with E-state index in [9.17, 15) is 9.50 Å². The third-order valence-electron chi connectivity index (χ3n) is 4.99. The summed E-state index contributed by atoms with van der Waals surface area (Å²) < 4.78 is 15.8. The molecule has 2 N–H and O–H groups in total. The molecule has 0 saturated heterocycles. The molecule has 0 amide bonds. The highest BCUT2D eigenvalue weighted by Crippen LogP contribution is 2.27. The van der Waals surface area contributed by atoms with Gasteiger partial charge in [-0.2, -0.15) is 0 Å². The van der Waals surface area contributed by atoms with Gasteiger partial charge in [0.05, 0.1) is 29.2 Å². The Hall–Kier alpha value is -2.47. The average Bonchev–Trinajstić information content (AvgIpc) is 3.20. The van der Waals surface area contributed by atoms with E-state index < -0.39 is 11.8 Å². The molecule has 26 heavy (non-hydrogen) atoms. The molecule has 136 valence electrons. The summed E-state index contributed by atoms with van der Waals surface area (Å²) in [6.07, 6.45) is 5.19. The molecule has 1 aliphatic rings. The molecule has 0 aliphatic heterocycles. The molecule has 1 fully saturated rings. The molecule has 2 atom stereocenters. The molecular formula is C20H23FN4O. The van der Waals surface area contributed by atoms with E-state index in [2.05, 4.69) is 15.3 Å². The largest absolute Gasteiger partial charge is 0.386 e. The van der Waals surface area contributed by atoms with Crippen molar-refractivity contribution in [3.8, 4) is 11.4 Å². The molecule has 3 aromatic rings. The number of fused-ring (bicyclic) bond motifs is 1. The van der Waals surface area contributed by atoms with Gasteiger partial charge in [0.2, 0.25) is 0 Å². The van der Waals surface area contributed by atoms with Gasteiger partial charge in [0, 0.05) is 6.20 Å². The maximum atomic E-state index is 13.9. The fraction of sp³-hybridized carbons (Fsp3) is 0.400. The Morgan fingerprint density at radius 1 is 1.23 bits per heavy atom. The van der Waals surface area contributed by atoms with Crippen molar-refractivity contribution in [1.29, 1.82) is 0 Å². The Kier molecular flexibility index (Phi) is 4.15. The number of hydrogen-bond donors (Lipinski definition) is 2. The van der Waals surface area contributed by atoms with Gasteiger partial charge < -0.3 is 10.4 Å². The smallest absolute Gasteiger partial charge is 0.137 e. The number of aliphatic hydroxyl groups is 1. The van der Waals surface area contributed by atoms with Crippen molar-refractivity contribution >= 4 is 11.5 Å². The van der Waals surface area contributed by atoms with E-state index in [0.29, 0.717) is 12.2 Å². The van der Waals surface area contributed by atoms with Crippen molar-refractivity contribution in [3.05, 3.63) is 48.3 Å². The Labute approximate surface area is 151 Å². The maximum absolute atomic E-state index is 13.9. The summed E-state index contributed by atoms with van der Waals surface area (Å²) in [5.41, 5.74) is 2.23. The lowest BCUT2D eigenvalue weighted by atomic mass is 10.0. The molecule has 3 heterocycles. The number of pyridine rings is 2. The van der Waals surface area contributed by atoms with Crippen LogP contribution < -0.4 is 5.32 Å². The highest BCUT2D eigenvalue weighted by atomic mass is 19.1. The third-order valence-corrected chi connectivity index (χ3v) is 4.99. The van der Waals surface area contributed by atoms with E-state index in [1.165, 1.54) is 0 Å². The van der Waals surface area contributed by atoms with E-state index in [1.54, 1.807) is 20.0 Å². The molecule has 0 spiro atoms. The Morgan fingerprint density at radius 2 is 2.08 bits per heavy atom. The molecule has 0 aromatic carbocycles. The summed E-state index contributed by atoms with van der Waals surface area (Å²) in [6.45, 7) is 3.51. The number of hydrogen-bond acceptors (Lipinski definition) is 4. The quantitative estimate of drug-likeness (QED) is 0.745. The molecule has 0 bridgehead atoms. The van der Waals surface area contributed by atoms with Crippen molar-refractivity contribution in [2.45, 2.75) is 50.9 Å². The number of nitrogens with one attached hydrogen (secondary N) is 1. The van der Waals surface area contributed by atoms with Gasteiger partial charge in [-0.25, -0.2) is 14.4 Å². The molecule has 1 aliphatic carbocycles. The second-order valence-corrected chi connectivity index (χ2v) is 7.45. The highest BCUT2D eigenvalue weighted by molar-refractivity contribution is 5.62. The van der Waals surface area contributed by atoms with Crippen LogP contribution in [0.25, 0.3) is 17.0 Å². The first-order chi connectivity index (χ1) is 12.4. The van der Waals surface area contributed by atoms with Crippen molar-refractivity contribution in [3.63, 3.8) is 0 Å². The lowest BCUT2D eigenvalue weighted by Gasteiger charge is -2.18. The second kappa shape index (κ2) is 6.36. The highest BCUT2D eigenvalue weighted by Gasteiger charge is 2.27. The lowest BCUT2D eigenvalue weighted by molar-refractivity contribution is 0.0781. The average molecular weight is 354 g/mol. The van der Waals surface area contributed by atoms with Crippen molar-refractivity contribution in [2.24, 2.45) is 0 Å². The topological polar surface area (TPSA) is 62.5 Å². The minimum absolute atomic E-state index is 0.165. The second-order valence-electron chi connectivity index (χ2n) is 7.45. The van der Waals surface area contributed by atoms with E-state index in [4.69, 9.17) is 0 Å². The first-order valence-electron chi connectivity index (χ1n) is 9.00. The molecule has 5 nitrogen and oxygen atoms in total. The van der Waals surface area contributed by atoms with Gasteiger partial charge in [0.1, 0.15) is 17.6 Å². The minimum Gasteiger partial charge on any atom is -0.386 e. The molecule has 0 unspecified atom stereocenters. The van der Waals surface area contributed by atoms with Crippen LogP contribution in [0.15, 0.2) is 42.7 Å². The van der Waals surface area contributed by atoms with E-state index in [-0.39, 0.29) is 6.04 Å². The van der Waals surface area contributed by atoms with E-state index >= 15 is 0 Å². The van der Waals surface area contributed by atoms with Gasteiger partial charge in [-0.1, -0.05) is 12.1 Å². The van der Waals surface area contributed by atoms with Crippen molar-refractivity contribution in [1.82, 2.24) is 14.4 Å². The fourth-order valence-corrected chi connectivity index (χ4v) is 3.46. The number of nitrogens with zero attached hydrogens (tertiary/aromatic N) is 3. The van der Waals surface area contributed by atoms with Crippen LogP contribution in [0.5, 0.6) is 0 Å². The first-order valence-corrected chi connectivity index (χ1v) is 9.00. The normalized spacial score (nSPS) is 20.6. The number of halogens is 1. The minimum atomic E-state index is -0.939. The van der Waals surface area contributed by atoms with Gasteiger partial charge in [0.15, 0.2) is 0 Å². The Bertz CT molecular complexity index is 931. The summed E-state index contributed by atoms with van der Waals surface area (Å²) in [4.78, 5) is 9.08. The lowest BCUT2D eigenvalue weighted by Crippen LogP contribution is -2.25. The zero-order valence-corrected chi connectivity index (χ0v) is 15.0. The summed E-state index contributed by atoms with van der Waals surface area (Å²) in [5.74, 6) is 0.672. The van der Waals surface area contributed by atoms with Crippen LogP contribution >= 0.6 is 0 Å². The summed E-state index contributed by atoms with van der Waals surface area (Å²) >= 11 is 0. The number of aromatic nitrogens is 3. The van der Waals surface area contributed by atoms with Crippen LogP contribution in [0.2, 0.25) is 0 Å². The van der Waals surface area contributed by atoms with E-state index in [1.807, 2.05) is 40.9 Å². The molecule has 6 heteroatoms. The number of rotatable bonds is 4. The van der Waals surface area contributed by atoms with Crippen LogP contribution in [0.3, 0.4) is 0 Å². The van der Waals surface area contributed by atoms with Crippen LogP contribution in [0, 0.1) is 0 Å². The van der Waals surface area contributed by atoms with Gasteiger partial charge in [0.25, 0.3) is 0 Å². The Balaban J connectivity index is 1.70. The summed E-state index contributed by atoms with van der Waals surface area (Å²) in [6, 6.07) is 9.27. The van der Waals surface area contributed by atoms with Crippen LogP contribution in [-0.2, 0) is 5.60 Å². The van der Waals surface area contributed by atoms with Gasteiger partial charge >= 0.3 is 0 Å². The molecule has 4 rings (SSSR count). The van der Waals surface area contributed by atoms with Gasteiger partial charge in [-0.05, 0) is 56.9 Å². The molecule has 1 saturated carbocycles. The first kappa shape index (κ1) is 17.0. The van der Waals surface area contributed by atoms with Crippen molar-refractivity contribution < 1.29 is 9.50 Å². The van der Waals surface area contributed by atoms with Crippen LogP contribution in [0.1, 0.15) is 38.7 Å². The standard InChI is InChI=1S/C20H23FN4O/c1-20(2,26)13-9-10-19-22-11-17(25(19)12-13)16-7-4-8-18(24-16)23-15-6-3-5-14(15)21/h4,7-12,14-15,26H,3,5-6H2,1-2H3,(H,23,24)/t14-,15-/m0/s1. The third kappa shape index (κ3) is 3.17. The number of anilines is 1. The van der Waals surface area contributed by atoms with E-state index in [0.717, 1.165) is 35.4 Å². The number of alkyl halides is 1. The zero-order valence-electron chi connectivity index (χ0n) is 15.0. The van der Waals surface area contributed by atoms with Gasteiger partial charge in [-0.3, -0.25) is 4.40 Å². The zero-order chi connectivity index (χ0) is 18.3. The van der Waals surface area contributed by atoms with Crippen LogP contribution in [-0.4, -0.2) is 31.7 Å². The van der Waals surface area contributed by atoms with Gasteiger partial charge in [-0.15, -0.1) is 0 Å². The predicted octanol–water partition coefficient (Wildman–Crippen LogP) is 3.93. The molecular weight excluding hydrogens is 331 g/mol. The fourth-order valence-electron chi connectivity index (χ4n) is 3.46. The SMILES string of the molecule is CC(C)(O)c1ccc2ncc(-c3cccc(N[C@H]4CCC[C@@H]4F)n3)n2c1. The number of imidazole rings is 1. The van der Waals surface area contributed by atoms with Crippen molar-refractivity contribution in [2.75, 3.05) is 5.32 Å². The molecule has 0 radical (unpaired) electrons. The van der Waals surface area contributed by atoms with Crippen LogP contribution in [0.4, 0.5) is 10.2 Å². The summed E-state index contributed by atoms with van der Waals surface area (Å²) in [5, 5.41) is 13.5. The Morgan fingerprint density at radius 3 is 2.81 bits per heavy atom. The maximum Gasteiger partial charge on any atom is 0.137 e.